The van der Waals surface area contributed by atoms with Crippen molar-refractivity contribution >= 4 is 17.6 Å². The maximum absolute atomic E-state index is 12.7. The predicted molar refractivity (Wildman–Crippen MR) is 97.2 cm³/mol. The highest BCUT2D eigenvalue weighted by Crippen LogP contribution is 2.48. The van der Waals surface area contributed by atoms with Crippen LogP contribution in [-0.4, -0.2) is 11.9 Å². The van der Waals surface area contributed by atoms with Gasteiger partial charge in [0.05, 0.1) is 11.6 Å². The van der Waals surface area contributed by atoms with Crippen LogP contribution in [0, 0.1) is 30.6 Å². The number of benzene rings is 2. The van der Waals surface area contributed by atoms with Crippen molar-refractivity contribution in [2.75, 3.05) is 5.32 Å². The Morgan fingerprint density at radius 2 is 1.77 bits per heavy atom. The lowest BCUT2D eigenvalue weighted by Gasteiger charge is -2.17. The van der Waals surface area contributed by atoms with Gasteiger partial charge in [0.2, 0.25) is 5.91 Å². The summed E-state index contributed by atoms with van der Waals surface area (Å²) in [5.74, 6) is -0.825. The SMILES string of the molecule is Cc1cc(C#N)cc(C)c1NC(=O)C1(C(=O)OCc2ccccc2)CC1. The molecule has 0 atom stereocenters. The molecule has 0 bridgehead atoms. The van der Waals surface area contributed by atoms with E-state index >= 15 is 0 Å². The summed E-state index contributed by atoms with van der Waals surface area (Å²) in [6, 6.07) is 14.9. The maximum atomic E-state index is 12.7. The Hall–Kier alpha value is -3.13. The zero-order chi connectivity index (χ0) is 18.7. The molecule has 0 radical (unpaired) electrons. The zero-order valence-electron chi connectivity index (χ0n) is 14.8. The molecule has 1 aliphatic carbocycles. The molecule has 0 saturated heterocycles. The number of nitrogens with zero attached hydrogens (tertiary/aromatic N) is 1. The summed E-state index contributed by atoms with van der Waals surface area (Å²) in [6.07, 6.45) is 0.974. The fourth-order valence-corrected chi connectivity index (χ4v) is 2.97. The van der Waals surface area contributed by atoms with Crippen LogP contribution in [0.5, 0.6) is 0 Å². The molecule has 1 N–H and O–H groups in total. The van der Waals surface area contributed by atoms with Gasteiger partial charge in [-0.05, 0) is 55.5 Å². The molecular weight excluding hydrogens is 328 g/mol. The van der Waals surface area contributed by atoms with Gasteiger partial charge in [0.25, 0.3) is 0 Å². The van der Waals surface area contributed by atoms with Gasteiger partial charge in [0.1, 0.15) is 12.0 Å². The van der Waals surface area contributed by atoms with Crippen LogP contribution in [0.15, 0.2) is 42.5 Å². The number of nitrogens with one attached hydrogen (secondary N) is 1. The summed E-state index contributed by atoms with van der Waals surface area (Å²) in [4.78, 5) is 25.2. The zero-order valence-corrected chi connectivity index (χ0v) is 14.8. The molecule has 0 aromatic heterocycles. The molecule has 132 valence electrons. The standard InChI is InChI=1S/C21H20N2O3/c1-14-10-17(12-22)11-15(2)18(14)23-19(24)21(8-9-21)20(25)26-13-16-6-4-3-5-7-16/h3-7,10-11H,8-9,13H2,1-2H3,(H,23,24). The fraction of sp³-hybridized carbons (Fsp3) is 0.286. The van der Waals surface area contributed by atoms with E-state index in [1.54, 1.807) is 12.1 Å². The first-order valence-electron chi connectivity index (χ1n) is 8.50. The topological polar surface area (TPSA) is 79.2 Å². The van der Waals surface area contributed by atoms with Crippen LogP contribution in [0.2, 0.25) is 0 Å². The molecule has 0 unspecified atom stereocenters. The number of nitriles is 1. The highest BCUT2D eigenvalue weighted by Gasteiger charge is 2.58. The average Bonchev–Trinajstić information content (AvgIpc) is 3.45. The summed E-state index contributed by atoms with van der Waals surface area (Å²) in [5.41, 5.74) is 2.57. The van der Waals surface area contributed by atoms with E-state index in [4.69, 9.17) is 10.00 Å². The number of carbonyl (C=O) groups excluding carboxylic acids is 2. The van der Waals surface area contributed by atoms with Crippen molar-refractivity contribution in [3.8, 4) is 6.07 Å². The van der Waals surface area contributed by atoms with Crippen LogP contribution in [0.3, 0.4) is 0 Å². The van der Waals surface area contributed by atoms with E-state index in [1.807, 2.05) is 44.2 Å². The number of aryl methyl sites for hydroxylation is 2. The van der Waals surface area contributed by atoms with Crippen molar-refractivity contribution in [3.05, 3.63) is 64.7 Å². The van der Waals surface area contributed by atoms with Gasteiger partial charge in [0.15, 0.2) is 0 Å². The van der Waals surface area contributed by atoms with E-state index in [1.165, 1.54) is 0 Å². The second kappa shape index (κ2) is 7.01. The highest BCUT2D eigenvalue weighted by molar-refractivity contribution is 6.11. The Morgan fingerprint density at radius 3 is 2.31 bits per heavy atom. The summed E-state index contributed by atoms with van der Waals surface area (Å²) < 4.78 is 5.37. The molecule has 0 aliphatic heterocycles. The van der Waals surface area contributed by atoms with Crippen LogP contribution >= 0.6 is 0 Å². The van der Waals surface area contributed by atoms with Gasteiger partial charge in [-0.2, -0.15) is 5.26 Å². The number of hydrogen-bond acceptors (Lipinski definition) is 4. The van der Waals surface area contributed by atoms with Crippen molar-refractivity contribution in [2.24, 2.45) is 5.41 Å². The van der Waals surface area contributed by atoms with Gasteiger partial charge in [0, 0.05) is 5.69 Å². The number of carbonyl (C=O) groups is 2. The minimum atomic E-state index is -1.10. The second-order valence-electron chi connectivity index (χ2n) is 6.69. The summed E-state index contributed by atoms with van der Waals surface area (Å²) in [6.45, 7) is 3.82. The monoisotopic (exact) mass is 348 g/mol. The van der Waals surface area contributed by atoms with Gasteiger partial charge in [-0.15, -0.1) is 0 Å². The largest absolute Gasteiger partial charge is 0.460 e. The molecule has 2 aromatic rings. The molecule has 0 spiro atoms. The Balaban J connectivity index is 1.69. The van der Waals surface area contributed by atoms with Gasteiger partial charge >= 0.3 is 5.97 Å². The molecule has 26 heavy (non-hydrogen) atoms. The first-order valence-corrected chi connectivity index (χ1v) is 8.50. The Morgan fingerprint density at radius 1 is 1.15 bits per heavy atom. The van der Waals surface area contributed by atoms with E-state index in [0.717, 1.165) is 16.7 Å². The van der Waals surface area contributed by atoms with Crippen molar-refractivity contribution in [3.63, 3.8) is 0 Å². The predicted octanol–water partition coefficient (Wildman–Crippen LogP) is 3.64. The number of anilines is 1. The molecule has 1 fully saturated rings. The normalized spacial score (nSPS) is 14.2. The van der Waals surface area contributed by atoms with Crippen molar-refractivity contribution < 1.29 is 14.3 Å². The maximum Gasteiger partial charge on any atom is 0.321 e. The van der Waals surface area contributed by atoms with E-state index in [0.29, 0.717) is 24.1 Å². The van der Waals surface area contributed by atoms with Gasteiger partial charge < -0.3 is 10.1 Å². The molecule has 1 saturated carbocycles. The number of esters is 1. The molecule has 5 nitrogen and oxygen atoms in total. The molecule has 2 aromatic carbocycles. The van der Waals surface area contributed by atoms with Crippen LogP contribution in [-0.2, 0) is 20.9 Å². The summed E-state index contributed by atoms with van der Waals surface area (Å²) in [7, 11) is 0. The smallest absolute Gasteiger partial charge is 0.321 e. The lowest BCUT2D eigenvalue weighted by molar-refractivity contribution is -0.154. The Labute approximate surface area is 152 Å². The second-order valence-corrected chi connectivity index (χ2v) is 6.69. The van der Waals surface area contributed by atoms with E-state index < -0.39 is 11.4 Å². The van der Waals surface area contributed by atoms with Crippen molar-refractivity contribution in [2.45, 2.75) is 33.3 Å². The van der Waals surface area contributed by atoms with Gasteiger partial charge in [-0.25, -0.2) is 0 Å². The molecule has 0 heterocycles. The number of ether oxygens (including phenoxy) is 1. The third-order valence-electron chi connectivity index (χ3n) is 4.69. The van der Waals surface area contributed by atoms with Crippen molar-refractivity contribution in [1.29, 1.82) is 5.26 Å². The van der Waals surface area contributed by atoms with Crippen LogP contribution < -0.4 is 5.32 Å². The summed E-state index contributed by atoms with van der Waals surface area (Å²) in [5, 5.41) is 11.9. The number of amides is 1. The quantitative estimate of drug-likeness (QED) is 0.661. The van der Waals surface area contributed by atoms with Crippen molar-refractivity contribution in [1.82, 2.24) is 0 Å². The molecule has 1 amide bonds. The van der Waals surface area contributed by atoms with E-state index in [-0.39, 0.29) is 12.5 Å². The average molecular weight is 348 g/mol. The third-order valence-corrected chi connectivity index (χ3v) is 4.69. The lowest BCUT2D eigenvalue weighted by Crippen LogP contribution is -2.33. The fourth-order valence-electron chi connectivity index (χ4n) is 2.97. The van der Waals surface area contributed by atoms with Crippen LogP contribution in [0.4, 0.5) is 5.69 Å². The van der Waals surface area contributed by atoms with Gasteiger partial charge in [-0.1, -0.05) is 30.3 Å². The van der Waals surface area contributed by atoms with Crippen LogP contribution in [0.25, 0.3) is 0 Å². The number of rotatable bonds is 5. The molecular formula is C21H20N2O3. The number of hydrogen-bond donors (Lipinski definition) is 1. The third kappa shape index (κ3) is 3.45. The van der Waals surface area contributed by atoms with E-state index in [2.05, 4.69) is 11.4 Å². The van der Waals surface area contributed by atoms with Crippen LogP contribution in [0.1, 0.15) is 35.1 Å². The minimum absolute atomic E-state index is 0.156. The van der Waals surface area contributed by atoms with E-state index in [9.17, 15) is 9.59 Å². The Kier molecular flexibility index (Phi) is 4.77. The lowest BCUT2D eigenvalue weighted by atomic mass is 10.0. The first kappa shape index (κ1) is 17.7. The highest BCUT2D eigenvalue weighted by atomic mass is 16.5. The Bertz CT molecular complexity index is 870. The minimum Gasteiger partial charge on any atom is -0.460 e. The molecule has 5 heteroatoms. The molecule has 3 rings (SSSR count). The summed E-state index contributed by atoms with van der Waals surface area (Å²) >= 11 is 0. The first-order chi connectivity index (χ1) is 12.5. The molecule has 1 aliphatic rings. The van der Waals surface area contributed by atoms with Gasteiger partial charge in [-0.3, -0.25) is 9.59 Å².